The Hall–Kier alpha value is -2.40. The van der Waals surface area contributed by atoms with Crippen LogP contribution in [-0.4, -0.2) is 56.0 Å². The number of carbonyl (C=O) groups excluding carboxylic acids is 1. The molecule has 2 fully saturated rings. The van der Waals surface area contributed by atoms with Gasteiger partial charge < -0.3 is 4.74 Å². The predicted octanol–water partition coefficient (Wildman–Crippen LogP) is 4.67. The normalized spacial score (nSPS) is 19.7. The van der Waals surface area contributed by atoms with E-state index in [0.29, 0.717) is 31.1 Å². The second-order valence-corrected chi connectivity index (χ2v) is 12.6. The van der Waals surface area contributed by atoms with Gasteiger partial charge in [0.25, 0.3) is 0 Å². The largest absolute Gasteiger partial charge is 0.376 e. The van der Waals surface area contributed by atoms with Crippen molar-refractivity contribution in [3.8, 4) is 0 Å². The van der Waals surface area contributed by atoms with Gasteiger partial charge in [-0.2, -0.15) is 4.31 Å². The maximum absolute atomic E-state index is 13.8. The van der Waals surface area contributed by atoms with Gasteiger partial charge in [0.15, 0.2) is 5.13 Å². The Bertz CT molecular complexity index is 1320. The summed E-state index contributed by atoms with van der Waals surface area (Å²) in [5.41, 5.74) is 3.22. The third-order valence-electron chi connectivity index (χ3n) is 7.15. The van der Waals surface area contributed by atoms with Crippen molar-refractivity contribution in [2.75, 3.05) is 31.1 Å². The number of ether oxygens (including phenoxy) is 1. The first-order valence-electron chi connectivity index (χ1n) is 12.3. The molecule has 10 heteroatoms. The van der Waals surface area contributed by atoms with E-state index in [1.165, 1.54) is 33.3 Å². The van der Waals surface area contributed by atoms with E-state index in [1.54, 1.807) is 4.90 Å². The maximum Gasteiger partial charge on any atom is 0.243 e. The number of halogens is 1. The molecule has 2 aliphatic rings. The lowest BCUT2D eigenvalue weighted by Gasteiger charge is -2.33. The average molecular weight is 532 g/mol. The van der Waals surface area contributed by atoms with Crippen molar-refractivity contribution in [3.63, 3.8) is 0 Å². The van der Waals surface area contributed by atoms with Gasteiger partial charge in [-0.25, -0.2) is 17.8 Å². The van der Waals surface area contributed by atoms with Gasteiger partial charge in [0, 0.05) is 25.6 Å². The summed E-state index contributed by atoms with van der Waals surface area (Å²) < 4.78 is 47.5. The highest BCUT2D eigenvalue weighted by Crippen LogP contribution is 2.34. The number of sulfonamides is 1. The molecule has 0 N–H and O–H groups in total. The third kappa shape index (κ3) is 5.04. The Morgan fingerprint density at radius 3 is 2.50 bits per heavy atom. The third-order valence-corrected chi connectivity index (χ3v) is 10.1. The lowest BCUT2D eigenvalue weighted by Crippen LogP contribution is -2.46. The van der Waals surface area contributed by atoms with Crippen LogP contribution in [0.3, 0.4) is 0 Å². The molecular formula is C26H30FN3O4S2. The molecule has 7 nitrogen and oxygen atoms in total. The van der Waals surface area contributed by atoms with Gasteiger partial charge in [0.05, 0.1) is 27.8 Å². The average Bonchev–Trinajstić information content (AvgIpc) is 3.52. The van der Waals surface area contributed by atoms with E-state index in [1.807, 2.05) is 0 Å². The smallest absolute Gasteiger partial charge is 0.243 e. The van der Waals surface area contributed by atoms with Gasteiger partial charge in [-0.3, -0.25) is 9.69 Å². The SMILES string of the molecule is Cc1cc2nc(N(CC3CCCO3)C(=O)C3CCN(S(=O)(=O)c4ccc(F)cc4)CC3)sc2cc1C. The minimum Gasteiger partial charge on any atom is -0.376 e. The summed E-state index contributed by atoms with van der Waals surface area (Å²) in [7, 11) is -3.73. The highest BCUT2D eigenvalue weighted by Gasteiger charge is 2.36. The molecule has 0 aliphatic carbocycles. The number of aromatic nitrogens is 1. The molecule has 3 aromatic rings. The summed E-state index contributed by atoms with van der Waals surface area (Å²) in [6, 6.07) is 9.02. The van der Waals surface area contributed by atoms with Crippen LogP contribution in [0.2, 0.25) is 0 Å². The molecular weight excluding hydrogens is 501 g/mol. The number of hydrogen-bond donors (Lipinski definition) is 0. The number of rotatable bonds is 6. The Morgan fingerprint density at radius 1 is 1.14 bits per heavy atom. The zero-order chi connectivity index (χ0) is 25.4. The van der Waals surface area contributed by atoms with E-state index in [4.69, 9.17) is 9.72 Å². The van der Waals surface area contributed by atoms with Gasteiger partial charge >= 0.3 is 0 Å². The van der Waals surface area contributed by atoms with Crippen molar-refractivity contribution < 1.29 is 22.3 Å². The van der Waals surface area contributed by atoms with E-state index < -0.39 is 15.8 Å². The first-order chi connectivity index (χ1) is 17.2. The van der Waals surface area contributed by atoms with Crippen LogP contribution in [0.4, 0.5) is 9.52 Å². The number of piperidine rings is 1. The number of amides is 1. The summed E-state index contributed by atoms with van der Waals surface area (Å²) in [4.78, 5) is 20.4. The number of hydrogen-bond acceptors (Lipinski definition) is 6. The van der Waals surface area contributed by atoms with Gasteiger partial charge in [-0.15, -0.1) is 0 Å². The Morgan fingerprint density at radius 2 is 1.83 bits per heavy atom. The number of thiazole rings is 1. The number of fused-ring (bicyclic) bond motifs is 1. The van der Waals surface area contributed by atoms with Crippen LogP contribution in [-0.2, 0) is 19.6 Å². The van der Waals surface area contributed by atoms with Crippen molar-refractivity contribution in [2.45, 2.75) is 50.5 Å². The number of anilines is 1. The molecule has 0 bridgehead atoms. The summed E-state index contributed by atoms with van der Waals surface area (Å²) in [6.07, 6.45) is 2.70. The summed E-state index contributed by atoms with van der Waals surface area (Å²) in [5, 5.41) is 0.664. The highest BCUT2D eigenvalue weighted by atomic mass is 32.2. The standard InChI is InChI=1S/C26H30FN3O4S2/c1-17-14-23-24(15-18(17)2)35-26(28-23)30(16-21-4-3-13-34-21)25(31)19-9-11-29(12-10-19)36(32,33)22-7-5-20(27)6-8-22/h5-8,14-15,19,21H,3-4,9-13,16H2,1-2H3. The molecule has 0 saturated carbocycles. The molecule has 2 saturated heterocycles. The molecule has 1 unspecified atom stereocenters. The van der Waals surface area contributed by atoms with Crippen molar-refractivity contribution in [3.05, 3.63) is 53.3 Å². The van der Waals surface area contributed by atoms with Crippen molar-refractivity contribution in [1.82, 2.24) is 9.29 Å². The minimum absolute atomic E-state index is 0.0247. The van der Waals surface area contributed by atoms with Crippen LogP contribution < -0.4 is 4.90 Å². The lowest BCUT2D eigenvalue weighted by atomic mass is 9.96. The molecule has 192 valence electrons. The number of aryl methyl sites for hydroxylation is 2. The molecule has 0 radical (unpaired) electrons. The first-order valence-corrected chi connectivity index (χ1v) is 14.5. The second kappa shape index (κ2) is 10.2. The van der Waals surface area contributed by atoms with Gasteiger partial charge in [-0.05, 0) is 87.1 Å². The predicted molar refractivity (Wildman–Crippen MR) is 138 cm³/mol. The molecule has 0 spiro atoms. The molecule has 5 rings (SSSR count). The zero-order valence-electron chi connectivity index (χ0n) is 20.4. The van der Waals surface area contributed by atoms with E-state index in [0.717, 1.165) is 40.8 Å². The Labute approximate surface area is 214 Å². The van der Waals surface area contributed by atoms with Crippen LogP contribution in [0.1, 0.15) is 36.8 Å². The molecule has 2 aromatic carbocycles. The van der Waals surface area contributed by atoms with Crippen LogP contribution in [0.5, 0.6) is 0 Å². The van der Waals surface area contributed by atoms with Crippen molar-refractivity contribution in [2.24, 2.45) is 5.92 Å². The first kappa shape index (κ1) is 25.3. The van der Waals surface area contributed by atoms with Gasteiger partial charge in [-0.1, -0.05) is 11.3 Å². The molecule has 2 aliphatic heterocycles. The van der Waals surface area contributed by atoms with E-state index in [9.17, 15) is 17.6 Å². The Kier molecular flexibility index (Phi) is 7.13. The topological polar surface area (TPSA) is 79.8 Å². The van der Waals surface area contributed by atoms with E-state index in [2.05, 4.69) is 26.0 Å². The fourth-order valence-electron chi connectivity index (χ4n) is 4.86. The molecule has 1 aromatic heterocycles. The Balaban J connectivity index is 1.35. The van der Waals surface area contributed by atoms with Crippen molar-refractivity contribution in [1.29, 1.82) is 0 Å². The fourth-order valence-corrected chi connectivity index (χ4v) is 7.39. The minimum atomic E-state index is -3.73. The molecule has 3 heterocycles. The fraction of sp³-hybridized carbons (Fsp3) is 0.462. The molecule has 1 amide bonds. The highest BCUT2D eigenvalue weighted by molar-refractivity contribution is 7.89. The van der Waals surface area contributed by atoms with E-state index >= 15 is 0 Å². The number of benzene rings is 2. The monoisotopic (exact) mass is 531 g/mol. The molecule has 1 atom stereocenters. The number of nitrogens with zero attached hydrogens (tertiary/aromatic N) is 3. The van der Waals surface area contributed by atoms with Crippen molar-refractivity contribution >= 4 is 42.6 Å². The van der Waals surface area contributed by atoms with Crippen LogP contribution >= 0.6 is 11.3 Å². The van der Waals surface area contributed by atoms with Crippen LogP contribution in [0.15, 0.2) is 41.3 Å². The summed E-state index contributed by atoms with van der Waals surface area (Å²) in [6.45, 7) is 5.74. The van der Waals surface area contributed by atoms with E-state index in [-0.39, 0.29) is 35.9 Å². The molecule has 36 heavy (non-hydrogen) atoms. The van der Waals surface area contributed by atoms with Crippen LogP contribution in [0.25, 0.3) is 10.2 Å². The lowest BCUT2D eigenvalue weighted by molar-refractivity contribution is -0.123. The van der Waals surface area contributed by atoms with Gasteiger partial charge in [0.1, 0.15) is 5.82 Å². The number of carbonyl (C=O) groups is 1. The van der Waals surface area contributed by atoms with Gasteiger partial charge in [0.2, 0.25) is 15.9 Å². The summed E-state index contributed by atoms with van der Waals surface area (Å²) in [5.74, 6) is -0.817. The quantitative estimate of drug-likeness (QED) is 0.462. The maximum atomic E-state index is 13.8. The zero-order valence-corrected chi connectivity index (χ0v) is 22.1. The summed E-state index contributed by atoms with van der Waals surface area (Å²) >= 11 is 1.51. The second-order valence-electron chi connectivity index (χ2n) is 9.62. The van der Waals surface area contributed by atoms with Crippen LogP contribution in [0, 0.1) is 25.6 Å².